The van der Waals surface area contributed by atoms with E-state index < -0.39 is 5.97 Å². The zero-order valence-corrected chi connectivity index (χ0v) is 14.5. The van der Waals surface area contributed by atoms with Crippen LogP contribution in [0.4, 0.5) is 0 Å². The van der Waals surface area contributed by atoms with E-state index in [-0.39, 0.29) is 6.23 Å². The van der Waals surface area contributed by atoms with E-state index in [1.54, 1.807) is 6.92 Å². The van der Waals surface area contributed by atoms with Crippen LogP contribution in [0.25, 0.3) is 0 Å². The van der Waals surface area contributed by atoms with Gasteiger partial charge in [0, 0.05) is 18.2 Å². The number of esters is 1. The molecule has 0 aromatic carbocycles. The quantitative estimate of drug-likeness (QED) is 0.457. The van der Waals surface area contributed by atoms with Gasteiger partial charge in [0.1, 0.15) is 6.23 Å². The Labute approximate surface area is 139 Å². The number of carbonyl (C=O) groups excluding carboxylic acids is 1. The number of unbranched alkanes of at least 4 members (excludes halogenated alkanes) is 1. The molecule has 1 aromatic rings. The molecule has 0 saturated carbocycles. The monoisotopic (exact) mass is 317 g/mol. The average Bonchev–Trinajstić information content (AvgIpc) is 2.92. The lowest BCUT2D eigenvalue weighted by Gasteiger charge is -2.22. The summed E-state index contributed by atoms with van der Waals surface area (Å²) in [7, 11) is 0. The second-order valence-electron chi connectivity index (χ2n) is 5.87. The molecular weight excluding hydrogens is 290 g/mol. The molecule has 1 heterocycles. The lowest BCUT2D eigenvalue weighted by atomic mass is 9.98. The van der Waals surface area contributed by atoms with E-state index in [2.05, 4.69) is 36.3 Å². The predicted octanol–water partition coefficient (Wildman–Crippen LogP) is 3.62. The van der Waals surface area contributed by atoms with Gasteiger partial charge in [0.15, 0.2) is 0 Å². The van der Waals surface area contributed by atoms with Gasteiger partial charge in [-0.2, -0.15) is 0 Å². The van der Waals surface area contributed by atoms with Crippen LogP contribution in [0.5, 0.6) is 0 Å². The Balaban J connectivity index is 2.26. The number of ether oxygens (including phenoxy) is 2. The molecular formula is C19H27NO3. The van der Waals surface area contributed by atoms with Crippen molar-refractivity contribution in [2.24, 2.45) is 0 Å². The van der Waals surface area contributed by atoms with Crippen molar-refractivity contribution in [3.8, 4) is 11.8 Å². The molecule has 2 rings (SSSR count). The fraction of sp³-hybridized carbons (Fsp3) is 0.632. The van der Waals surface area contributed by atoms with Gasteiger partial charge in [-0.05, 0) is 63.5 Å². The van der Waals surface area contributed by atoms with Crippen molar-refractivity contribution >= 4 is 5.97 Å². The van der Waals surface area contributed by atoms with Crippen molar-refractivity contribution < 1.29 is 14.3 Å². The van der Waals surface area contributed by atoms with Gasteiger partial charge in [-0.1, -0.05) is 13.3 Å². The van der Waals surface area contributed by atoms with Crippen LogP contribution in [0.1, 0.15) is 69.6 Å². The van der Waals surface area contributed by atoms with Gasteiger partial charge in [-0.25, -0.2) is 4.79 Å². The lowest BCUT2D eigenvalue weighted by Crippen LogP contribution is -2.16. The molecule has 0 fully saturated rings. The standard InChI is InChI=1S/C19H27NO3/c1-4-6-13-23-15(3)20-17(11-12-19(21)22-5-2)14-16-9-7-8-10-18(16)20/h14-15H,4-10,13H2,1-3H3. The molecule has 0 N–H and O–H groups in total. The summed E-state index contributed by atoms with van der Waals surface area (Å²) in [6.45, 7) is 7.09. The number of aromatic nitrogens is 1. The van der Waals surface area contributed by atoms with E-state index in [0.717, 1.165) is 38.0 Å². The number of hydrogen-bond donors (Lipinski definition) is 0. The van der Waals surface area contributed by atoms with Crippen LogP contribution >= 0.6 is 0 Å². The van der Waals surface area contributed by atoms with Crippen LogP contribution in [0.2, 0.25) is 0 Å². The molecule has 1 atom stereocenters. The summed E-state index contributed by atoms with van der Waals surface area (Å²) < 4.78 is 13.0. The Morgan fingerprint density at radius 2 is 2.13 bits per heavy atom. The number of rotatable bonds is 6. The van der Waals surface area contributed by atoms with Crippen molar-refractivity contribution in [2.45, 2.75) is 65.5 Å². The largest absolute Gasteiger partial charge is 0.456 e. The Hall–Kier alpha value is -1.73. The van der Waals surface area contributed by atoms with E-state index in [0.29, 0.717) is 6.61 Å². The van der Waals surface area contributed by atoms with Crippen LogP contribution < -0.4 is 0 Å². The first-order valence-corrected chi connectivity index (χ1v) is 8.70. The number of fused-ring (bicyclic) bond motifs is 1. The third kappa shape index (κ3) is 4.62. The van der Waals surface area contributed by atoms with Gasteiger partial charge in [-0.15, -0.1) is 0 Å². The molecule has 0 saturated heterocycles. The topological polar surface area (TPSA) is 40.5 Å². The molecule has 4 heteroatoms. The van der Waals surface area contributed by atoms with E-state index in [9.17, 15) is 4.79 Å². The molecule has 1 aromatic heterocycles. The molecule has 0 radical (unpaired) electrons. The van der Waals surface area contributed by atoms with Gasteiger partial charge in [0.05, 0.1) is 12.3 Å². The van der Waals surface area contributed by atoms with Gasteiger partial charge in [0.2, 0.25) is 0 Å². The fourth-order valence-electron chi connectivity index (χ4n) is 2.99. The van der Waals surface area contributed by atoms with Crippen LogP contribution in [0.15, 0.2) is 6.07 Å². The highest BCUT2D eigenvalue weighted by molar-refractivity contribution is 5.89. The summed E-state index contributed by atoms with van der Waals surface area (Å²) in [4.78, 5) is 11.5. The second-order valence-corrected chi connectivity index (χ2v) is 5.87. The average molecular weight is 317 g/mol. The van der Waals surface area contributed by atoms with Gasteiger partial charge in [0.25, 0.3) is 0 Å². The molecule has 1 unspecified atom stereocenters. The smallest absolute Gasteiger partial charge is 0.384 e. The first-order valence-electron chi connectivity index (χ1n) is 8.70. The van der Waals surface area contributed by atoms with E-state index in [1.807, 2.05) is 0 Å². The maximum absolute atomic E-state index is 11.5. The summed E-state index contributed by atoms with van der Waals surface area (Å²) in [6, 6.07) is 2.11. The third-order valence-corrected chi connectivity index (χ3v) is 4.13. The van der Waals surface area contributed by atoms with Gasteiger partial charge >= 0.3 is 5.97 Å². The van der Waals surface area contributed by atoms with Crippen LogP contribution in [0.3, 0.4) is 0 Å². The number of aryl methyl sites for hydroxylation is 1. The first kappa shape index (κ1) is 17.6. The minimum atomic E-state index is -0.474. The van der Waals surface area contributed by atoms with E-state index in [1.165, 1.54) is 24.1 Å². The van der Waals surface area contributed by atoms with Crippen molar-refractivity contribution in [1.29, 1.82) is 0 Å². The van der Waals surface area contributed by atoms with E-state index >= 15 is 0 Å². The first-order chi connectivity index (χ1) is 11.2. The molecule has 4 nitrogen and oxygen atoms in total. The zero-order valence-electron chi connectivity index (χ0n) is 14.5. The minimum Gasteiger partial charge on any atom is -0.456 e. The number of hydrogen-bond acceptors (Lipinski definition) is 3. The normalized spacial score (nSPS) is 14.6. The SMILES string of the molecule is CCCCOC(C)n1c(C#CC(=O)OCC)cc2c1CCCC2. The van der Waals surface area contributed by atoms with Crippen molar-refractivity contribution in [1.82, 2.24) is 4.57 Å². The Kier molecular flexibility index (Phi) is 6.73. The molecule has 0 aliphatic heterocycles. The van der Waals surface area contributed by atoms with Gasteiger partial charge < -0.3 is 14.0 Å². The summed E-state index contributed by atoms with van der Waals surface area (Å²) in [6.07, 6.45) is 6.66. The Bertz CT molecular complexity index is 592. The molecule has 0 spiro atoms. The molecule has 23 heavy (non-hydrogen) atoms. The molecule has 126 valence electrons. The van der Waals surface area contributed by atoms with Crippen LogP contribution in [0, 0.1) is 11.8 Å². The predicted molar refractivity (Wildman–Crippen MR) is 90.2 cm³/mol. The summed E-state index contributed by atoms with van der Waals surface area (Å²) in [5.74, 6) is 5.09. The highest BCUT2D eigenvalue weighted by atomic mass is 16.5. The number of carbonyl (C=O) groups is 1. The lowest BCUT2D eigenvalue weighted by molar-refractivity contribution is -0.136. The molecule has 1 aliphatic carbocycles. The number of nitrogens with zero attached hydrogens (tertiary/aromatic N) is 1. The van der Waals surface area contributed by atoms with E-state index in [4.69, 9.17) is 9.47 Å². The Morgan fingerprint density at radius 3 is 2.87 bits per heavy atom. The zero-order chi connectivity index (χ0) is 16.7. The van der Waals surface area contributed by atoms with Crippen LogP contribution in [-0.2, 0) is 27.1 Å². The maximum Gasteiger partial charge on any atom is 0.384 e. The van der Waals surface area contributed by atoms with Gasteiger partial charge in [-0.3, -0.25) is 0 Å². The van der Waals surface area contributed by atoms with Crippen LogP contribution in [-0.4, -0.2) is 23.8 Å². The van der Waals surface area contributed by atoms with Crippen molar-refractivity contribution in [3.05, 3.63) is 23.0 Å². The summed E-state index contributed by atoms with van der Waals surface area (Å²) in [5.41, 5.74) is 3.51. The summed E-state index contributed by atoms with van der Waals surface area (Å²) >= 11 is 0. The second kappa shape index (κ2) is 8.79. The summed E-state index contributed by atoms with van der Waals surface area (Å²) in [5, 5.41) is 0. The Morgan fingerprint density at radius 1 is 1.35 bits per heavy atom. The van der Waals surface area contributed by atoms with Crippen molar-refractivity contribution in [3.63, 3.8) is 0 Å². The minimum absolute atomic E-state index is 0.0603. The highest BCUT2D eigenvalue weighted by Gasteiger charge is 2.21. The fourth-order valence-corrected chi connectivity index (χ4v) is 2.99. The molecule has 1 aliphatic rings. The molecule has 0 bridgehead atoms. The maximum atomic E-state index is 11.5. The third-order valence-electron chi connectivity index (χ3n) is 4.13. The van der Waals surface area contributed by atoms with Crippen molar-refractivity contribution in [2.75, 3.05) is 13.2 Å². The molecule has 0 amide bonds. The highest BCUT2D eigenvalue weighted by Crippen LogP contribution is 2.28.